The molecule has 102 valence electrons. The average Bonchev–Trinajstić information content (AvgIpc) is 2.72. The highest BCUT2D eigenvalue weighted by Crippen LogP contribution is 2.15. The summed E-state index contributed by atoms with van der Waals surface area (Å²) < 4.78 is 1.87. The molecule has 0 spiro atoms. The number of nitrogens with zero attached hydrogens (tertiary/aromatic N) is 2. The zero-order valence-corrected chi connectivity index (χ0v) is 11.9. The molecule has 0 unspecified atom stereocenters. The molecule has 1 N–H and O–H groups in total. The maximum absolute atomic E-state index is 12.2. The second kappa shape index (κ2) is 5.87. The number of fused-ring (bicyclic) bond motifs is 1. The van der Waals surface area contributed by atoms with Gasteiger partial charge in [-0.1, -0.05) is 25.8 Å². The molecule has 0 atom stereocenters. The molecule has 0 aromatic carbocycles. The first kappa shape index (κ1) is 13.6. The van der Waals surface area contributed by atoms with Crippen molar-refractivity contribution < 1.29 is 4.79 Å². The van der Waals surface area contributed by atoms with E-state index >= 15 is 0 Å². The smallest absolute Gasteiger partial charge is 0.270 e. The van der Waals surface area contributed by atoms with Crippen LogP contribution in [0.5, 0.6) is 0 Å². The first-order valence-corrected chi connectivity index (χ1v) is 6.87. The van der Waals surface area contributed by atoms with Crippen LogP contribution in [-0.2, 0) is 0 Å². The summed E-state index contributed by atoms with van der Waals surface area (Å²) in [7, 11) is 0. The van der Waals surface area contributed by atoms with E-state index in [9.17, 15) is 4.79 Å². The van der Waals surface area contributed by atoms with Gasteiger partial charge in [0.2, 0.25) is 0 Å². The minimum absolute atomic E-state index is 0.0355. The zero-order chi connectivity index (χ0) is 13.8. The molecule has 2 rings (SSSR count). The number of amides is 1. The highest BCUT2D eigenvalue weighted by atomic mass is 16.1. The predicted molar refractivity (Wildman–Crippen MR) is 76.5 cm³/mol. The van der Waals surface area contributed by atoms with E-state index in [1.54, 1.807) is 0 Å². The van der Waals surface area contributed by atoms with Crippen LogP contribution in [0.2, 0.25) is 0 Å². The third-order valence-electron chi connectivity index (χ3n) is 3.30. The number of hydrogen-bond donors (Lipinski definition) is 1. The van der Waals surface area contributed by atoms with E-state index in [2.05, 4.69) is 17.2 Å². The van der Waals surface area contributed by atoms with Crippen molar-refractivity contribution in [1.29, 1.82) is 0 Å². The van der Waals surface area contributed by atoms with Gasteiger partial charge in [-0.25, -0.2) is 4.98 Å². The van der Waals surface area contributed by atoms with Gasteiger partial charge in [0.25, 0.3) is 5.91 Å². The van der Waals surface area contributed by atoms with Gasteiger partial charge in [0.15, 0.2) is 0 Å². The van der Waals surface area contributed by atoms with Crippen LogP contribution in [0, 0.1) is 13.8 Å². The SMILES string of the molecule is CCCCCNC(=O)c1c(C)nc2c(C)cccn12. The van der Waals surface area contributed by atoms with E-state index in [1.807, 2.05) is 36.6 Å². The third kappa shape index (κ3) is 2.78. The number of nitrogens with one attached hydrogen (secondary N) is 1. The molecule has 0 radical (unpaired) electrons. The van der Waals surface area contributed by atoms with Crippen molar-refractivity contribution in [3.63, 3.8) is 0 Å². The van der Waals surface area contributed by atoms with Crippen molar-refractivity contribution in [3.8, 4) is 0 Å². The zero-order valence-electron chi connectivity index (χ0n) is 11.9. The van der Waals surface area contributed by atoms with E-state index in [1.165, 1.54) is 0 Å². The van der Waals surface area contributed by atoms with Crippen LogP contribution in [0.25, 0.3) is 5.65 Å². The monoisotopic (exact) mass is 259 g/mol. The van der Waals surface area contributed by atoms with E-state index in [4.69, 9.17) is 0 Å². The normalized spacial score (nSPS) is 10.9. The fourth-order valence-corrected chi connectivity index (χ4v) is 2.25. The number of hydrogen-bond acceptors (Lipinski definition) is 2. The van der Waals surface area contributed by atoms with Gasteiger partial charge in [0.05, 0.1) is 5.69 Å². The van der Waals surface area contributed by atoms with Gasteiger partial charge < -0.3 is 5.32 Å². The summed E-state index contributed by atoms with van der Waals surface area (Å²) >= 11 is 0. The number of aromatic nitrogens is 2. The first-order valence-electron chi connectivity index (χ1n) is 6.87. The van der Waals surface area contributed by atoms with Gasteiger partial charge in [-0.15, -0.1) is 0 Å². The van der Waals surface area contributed by atoms with Crippen LogP contribution < -0.4 is 5.32 Å². The summed E-state index contributed by atoms with van der Waals surface area (Å²) in [4.78, 5) is 16.7. The third-order valence-corrected chi connectivity index (χ3v) is 3.30. The Labute approximate surface area is 113 Å². The Balaban J connectivity index is 2.22. The lowest BCUT2D eigenvalue weighted by atomic mass is 10.2. The van der Waals surface area contributed by atoms with Crippen molar-refractivity contribution in [3.05, 3.63) is 35.3 Å². The largest absolute Gasteiger partial charge is 0.351 e. The average molecular weight is 259 g/mol. The fourth-order valence-electron chi connectivity index (χ4n) is 2.25. The lowest BCUT2D eigenvalue weighted by Gasteiger charge is -2.06. The van der Waals surface area contributed by atoms with Crippen LogP contribution in [0.15, 0.2) is 18.3 Å². The number of rotatable bonds is 5. The van der Waals surface area contributed by atoms with Gasteiger partial charge in [-0.2, -0.15) is 0 Å². The molecule has 19 heavy (non-hydrogen) atoms. The van der Waals surface area contributed by atoms with Gasteiger partial charge in [-0.3, -0.25) is 9.20 Å². The van der Waals surface area contributed by atoms with Gasteiger partial charge in [-0.05, 0) is 31.9 Å². The van der Waals surface area contributed by atoms with Crippen molar-refractivity contribution in [2.24, 2.45) is 0 Å². The number of pyridine rings is 1. The minimum atomic E-state index is -0.0355. The quantitative estimate of drug-likeness (QED) is 0.839. The summed E-state index contributed by atoms with van der Waals surface area (Å²) in [6.45, 7) is 6.77. The number of carbonyl (C=O) groups excluding carboxylic acids is 1. The summed E-state index contributed by atoms with van der Waals surface area (Å²) in [5, 5.41) is 2.97. The lowest BCUT2D eigenvalue weighted by molar-refractivity contribution is 0.0946. The number of unbranched alkanes of at least 4 members (excludes halogenated alkanes) is 2. The van der Waals surface area contributed by atoms with Crippen molar-refractivity contribution in [2.75, 3.05) is 6.54 Å². The molecule has 4 heteroatoms. The van der Waals surface area contributed by atoms with E-state index in [0.717, 1.165) is 42.7 Å². The molecule has 2 aromatic rings. The molecule has 2 heterocycles. The van der Waals surface area contributed by atoms with Crippen LogP contribution in [0.1, 0.15) is 47.9 Å². The summed E-state index contributed by atoms with van der Waals surface area (Å²) in [5.74, 6) is -0.0355. The highest BCUT2D eigenvalue weighted by Gasteiger charge is 2.16. The number of imidazole rings is 1. The van der Waals surface area contributed by atoms with Crippen LogP contribution in [-0.4, -0.2) is 21.8 Å². The Morgan fingerprint density at radius 1 is 1.37 bits per heavy atom. The molecular formula is C15H21N3O. The molecule has 0 fully saturated rings. The molecule has 0 saturated carbocycles. The first-order chi connectivity index (χ1) is 9.15. The molecule has 0 aliphatic heterocycles. The number of aryl methyl sites for hydroxylation is 2. The molecule has 0 aliphatic carbocycles. The van der Waals surface area contributed by atoms with E-state index in [-0.39, 0.29) is 5.91 Å². The van der Waals surface area contributed by atoms with Crippen molar-refractivity contribution >= 4 is 11.6 Å². The lowest BCUT2D eigenvalue weighted by Crippen LogP contribution is -2.26. The van der Waals surface area contributed by atoms with Crippen molar-refractivity contribution in [1.82, 2.24) is 14.7 Å². The second-order valence-corrected chi connectivity index (χ2v) is 4.89. The standard InChI is InChI=1S/C15H21N3O/c1-4-5-6-9-16-15(19)13-12(3)17-14-11(2)8-7-10-18(13)14/h7-8,10H,4-6,9H2,1-3H3,(H,16,19). The van der Waals surface area contributed by atoms with Crippen molar-refractivity contribution in [2.45, 2.75) is 40.0 Å². The van der Waals surface area contributed by atoms with Crippen LogP contribution in [0.4, 0.5) is 0 Å². The topological polar surface area (TPSA) is 46.4 Å². The molecule has 0 saturated heterocycles. The Hall–Kier alpha value is -1.84. The highest BCUT2D eigenvalue weighted by molar-refractivity contribution is 5.94. The predicted octanol–water partition coefficient (Wildman–Crippen LogP) is 2.87. The van der Waals surface area contributed by atoms with Crippen LogP contribution >= 0.6 is 0 Å². The number of carbonyl (C=O) groups is 1. The Morgan fingerprint density at radius 2 is 2.16 bits per heavy atom. The van der Waals surface area contributed by atoms with E-state index in [0.29, 0.717) is 5.69 Å². The second-order valence-electron chi connectivity index (χ2n) is 4.89. The molecule has 0 bridgehead atoms. The van der Waals surface area contributed by atoms with E-state index < -0.39 is 0 Å². The summed E-state index contributed by atoms with van der Waals surface area (Å²) in [5.41, 5.74) is 3.37. The van der Waals surface area contributed by atoms with Gasteiger partial charge >= 0.3 is 0 Å². The summed E-state index contributed by atoms with van der Waals surface area (Å²) in [6, 6.07) is 3.95. The molecular weight excluding hydrogens is 238 g/mol. The Bertz CT molecular complexity index is 586. The Kier molecular flexibility index (Phi) is 4.20. The molecule has 2 aromatic heterocycles. The maximum Gasteiger partial charge on any atom is 0.270 e. The molecule has 4 nitrogen and oxygen atoms in total. The van der Waals surface area contributed by atoms with Gasteiger partial charge in [0, 0.05) is 12.7 Å². The minimum Gasteiger partial charge on any atom is -0.351 e. The molecule has 1 amide bonds. The molecule has 0 aliphatic rings. The fraction of sp³-hybridized carbons (Fsp3) is 0.467. The summed E-state index contributed by atoms with van der Waals surface area (Å²) in [6.07, 6.45) is 5.22. The van der Waals surface area contributed by atoms with Crippen LogP contribution in [0.3, 0.4) is 0 Å². The Morgan fingerprint density at radius 3 is 2.89 bits per heavy atom. The maximum atomic E-state index is 12.2. The van der Waals surface area contributed by atoms with Gasteiger partial charge in [0.1, 0.15) is 11.3 Å².